The van der Waals surface area contributed by atoms with Crippen molar-refractivity contribution >= 4 is 41.2 Å². The average Bonchev–Trinajstić information content (AvgIpc) is 3.26. The smallest absolute Gasteiger partial charge is 0.172 e. The fraction of sp³-hybridized carbons (Fsp3) is 0.433. The van der Waals surface area contributed by atoms with Crippen LogP contribution >= 0.6 is 11.9 Å². The lowest BCUT2D eigenvalue weighted by Crippen LogP contribution is -2.55. The molecule has 3 aliphatic heterocycles. The normalized spacial score (nSPS) is 21.1. The van der Waals surface area contributed by atoms with Crippen LogP contribution in [-0.2, 0) is 11.2 Å². The van der Waals surface area contributed by atoms with Crippen molar-refractivity contribution in [3.8, 4) is 5.75 Å². The van der Waals surface area contributed by atoms with Crippen molar-refractivity contribution in [1.82, 2.24) is 14.3 Å². The Labute approximate surface area is 239 Å². The number of hydrogen-bond acceptors (Lipinski definition) is 10. The zero-order chi connectivity index (χ0) is 27.3. The summed E-state index contributed by atoms with van der Waals surface area (Å²) in [5.74, 6) is 2.01. The van der Waals surface area contributed by atoms with Crippen LogP contribution in [0.2, 0.25) is 0 Å². The largest absolute Gasteiger partial charge is 0.489 e. The summed E-state index contributed by atoms with van der Waals surface area (Å²) in [6, 6.07) is 6.70. The minimum atomic E-state index is 0.282. The first-order chi connectivity index (χ1) is 19.7. The number of hydrogen-bond donors (Lipinski definition) is 2. The van der Waals surface area contributed by atoms with E-state index in [9.17, 15) is 4.79 Å². The molecule has 2 N–H and O–H groups in total. The third kappa shape index (κ3) is 6.04. The third-order valence-electron chi connectivity index (χ3n) is 7.61. The van der Waals surface area contributed by atoms with Gasteiger partial charge >= 0.3 is 0 Å². The number of carbonyl (C=O) groups is 1. The van der Waals surface area contributed by atoms with Crippen molar-refractivity contribution in [2.45, 2.75) is 44.7 Å². The highest BCUT2D eigenvalue weighted by Crippen LogP contribution is 2.39. The van der Waals surface area contributed by atoms with Crippen molar-refractivity contribution in [1.29, 1.82) is 0 Å². The van der Waals surface area contributed by atoms with E-state index in [2.05, 4.69) is 61.3 Å². The van der Waals surface area contributed by atoms with Crippen LogP contribution in [0.4, 0.5) is 23.0 Å². The summed E-state index contributed by atoms with van der Waals surface area (Å²) in [5.41, 5.74) is 3.01. The van der Waals surface area contributed by atoms with Gasteiger partial charge in [0.25, 0.3) is 0 Å². The molecule has 9 nitrogen and oxygen atoms in total. The number of nitrogens with one attached hydrogen (secondary N) is 2. The molecule has 2 aromatic rings. The highest BCUT2D eigenvalue weighted by Gasteiger charge is 2.33. The summed E-state index contributed by atoms with van der Waals surface area (Å²) >= 11 is 1.84. The molecule has 0 amide bonds. The Hall–Kier alpha value is -3.34. The van der Waals surface area contributed by atoms with Gasteiger partial charge in [0.05, 0.1) is 17.4 Å². The van der Waals surface area contributed by atoms with Gasteiger partial charge in [0.2, 0.25) is 0 Å². The van der Waals surface area contributed by atoms with E-state index in [-0.39, 0.29) is 6.04 Å². The van der Waals surface area contributed by atoms with Gasteiger partial charge in [0.1, 0.15) is 23.9 Å². The van der Waals surface area contributed by atoms with Crippen LogP contribution in [0.5, 0.6) is 5.75 Å². The van der Waals surface area contributed by atoms with Crippen molar-refractivity contribution in [2.24, 2.45) is 0 Å². The van der Waals surface area contributed by atoms with Crippen LogP contribution in [0.1, 0.15) is 42.4 Å². The maximum Gasteiger partial charge on any atom is 0.172 e. The van der Waals surface area contributed by atoms with E-state index in [1.165, 1.54) is 4.91 Å². The molecule has 2 saturated heterocycles. The quantitative estimate of drug-likeness (QED) is 0.335. The van der Waals surface area contributed by atoms with Crippen molar-refractivity contribution in [2.75, 3.05) is 55.0 Å². The Morgan fingerprint density at radius 2 is 2.05 bits per heavy atom. The number of benzene rings is 1. The standard InChI is InChI=1S/C30H36N6O3S/c1-2-25-29(31-21-11-15-38-16-12-21)34-30(26(19-37)33-25)32-22-9-10-27-28(17-22)39-20-23-18-35(13-14-36(23)27)40-24-7-5-3-4-6-8-24/h3-5,7-10,17,19,21,23H,2,6,11-16,18,20H2,1H3,(H2,31,32,34). The van der Waals surface area contributed by atoms with Gasteiger partial charge in [-0.1, -0.05) is 31.2 Å². The number of aldehydes is 1. The van der Waals surface area contributed by atoms with Crippen LogP contribution in [0.3, 0.4) is 0 Å². The predicted octanol–water partition coefficient (Wildman–Crippen LogP) is 5.12. The first-order valence-corrected chi connectivity index (χ1v) is 14.9. The molecule has 6 rings (SSSR count). The van der Waals surface area contributed by atoms with E-state index in [0.717, 1.165) is 87.0 Å². The fourth-order valence-electron chi connectivity index (χ4n) is 5.47. The SMILES string of the molecule is CCc1nc(C=O)c(Nc2ccc3c(c2)OCC2CN(SC4=CCC=CC=C4)CCN32)nc1NC1CCOCC1. The van der Waals surface area contributed by atoms with E-state index >= 15 is 0 Å². The summed E-state index contributed by atoms with van der Waals surface area (Å²) in [6.07, 6.45) is 15.1. The lowest BCUT2D eigenvalue weighted by atomic mass is 10.1. The van der Waals surface area contributed by atoms with E-state index in [1.807, 2.05) is 31.0 Å². The molecular formula is C30H36N6O3S. The van der Waals surface area contributed by atoms with Crippen LogP contribution in [0.15, 0.2) is 53.5 Å². The first-order valence-electron chi connectivity index (χ1n) is 14.2. The molecule has 1 aromatic carbocycles. The second-order valence-corrected chi connectivity index (χ2v) is 11.5. The zero-order valence-corrected chi connectivity index (χ0v) is 23.7. The zero-order valence-electron chi connectivity index (χ0n) is 22.8. The minimum Gasteiger partial charge on any atom is -0.489 e. The summed E-state index contributed by atoms with van der Waals surface area (Å²) in [7, 11) is 0. The topological polar surface area (TPSA) is 91.9 Å². The third-order valence-corrected chi connectivity index (χ3v) is 8.71. The molecule has 0 bridgehead atoms. The number of fused-ring (bicyclic) bond motifs is 3. The van der Waals surface area contributed by atoms with E-state index < -0.39 is 0 Å². The van der Waals surface area contributed by atoms with Crippen LogP contribution in [-0.4, -0.2) is 72.1 Å². The number of carbonyl (C=O) groups excluding carboxylic acids is 1. The maximum atomic E-state index is 11.9. The molecule has 4 heterocycles. The number of anilines is 4. The van der Waals surface area contributed by atoms with Crippen molar-refractivity contribution < 1.29 is 14.3 Å². The van der Waals surface area contributed by atoms with Gasteiger partial charge in [-0.3, -0.25) is 4.79 Å². The maximum absolute atomic E-state index is 11.9. The second kappa shape index (κ2) is 12.4. The number of allylic oxidation sites excluding steroid dienone is 5. The molecule has 1 unspecified atom stereocenters. The molecule has 0 spiro atoms. The Bertz CT molecular complexity index is 1320. The molecule has 1 aliphatic carbocycles. The molecule has 1 atom stereocenters. The monoisotopic (exact) mass is 560 g/mol. The van der Waals surface area contributed by atoms with Gasteiger partial charge in [-0.25, -0.2) is 14.3 Å². The molecule has 0 saturated carbocycles. The Morgan fingerprint density at radius 3 is 2.90 bits per heavy atom. The number of ether oxygens (including phenoxy) is 2. The highest BCUT2D eigenvalue weighted by atomic mass is 32.2. The first kappa shape index (κ1) is 26.9. The van der Waals surface area contributed by atoms with Gasteiger partial charge in [-0.05, 0) is 55.8 Å². The second-order valence-electron chi connectivity index (χ2n) is 10.3. The number of aromatic nitrogens is 2. The molecule has 2 fully saturated rings. The summed E-state index contributed by atoms with van der Waals surface area (Å²) in [6.45, 7) is 6.99. The summed E-state index contributed by atoms with van der Waals surface area (Å²) < 4.78 is 14.2. The predicted molar refractivity (Wildman–Crippen MR) is 161 cm³/mol. The number of aryl methyl sites for hydroxylation is 1. The molecule has 4 aliphatic rings. The van der Waals surface area contributed by atoms with Gasteiger partial charge < -0.3 is 25.0 Å². The van der Waals surface area contributed by atoms with Crippen molar-refractivity contribution in [3.05, 3.63) is 64.9 Å². The Kier molecular flexibility index (Phi) is 8.36. The van der Waals surface area contributed by atoms with Gasteiger partial charge in [-0.15, -0.1) is 0 Å². The average molecular weight is 561 g/mol. The molecular weight excluding hydrogens is 524 g/mol. The van der Waals surface area contributed by atoms with Crippen LogP contribution in [0.25, 0.3) is 0 Å². The fourth-order valence-corrected chi connectivity index (χ4v) is 6.50. The highest BCUT2D eigenvalue weighted by molar-refractivity contribution is 8.01. The lowest BCUT2D eigenvalue weighted by molar-refractivity contribution is 0.0903. The Morgan fingerprint density at radius 1 is 1.15 bits per heavy atom. The number of piperazine rings is 1. The molecule has 1 aromatic heterocycles. The van der Waals surface area contributed by atoms with Crippen LogP contribution in [0, 0.1) is 0 Å². The van der Waals surface area contributed by atoms with Gasteiger partial charge in [0, 0.05) is 55.5 Å². The van der Waals surface area contributed by atoms with Crippen LogP contribution < -0.4 is 20.3 Å². The molecule has 210 valence electrons. The Balaban J connectivity index is 1.15. The van der Waals surface area contributed by atoms with E-state index in [0.29, 0.717) is 30.6 Å². The van der Waals surface area contributed by atoms with E-state index in [4.69, 9.17) is 14.5 Å². The minimum absolute atomic E-state index is 0.282. The summed E-state index contributed by atoms with van der Waals surface area (Å²) in [4.78, 5) is 25.1. The number of nitrogens with zero attached hydrogens (tertiary/aromatic N) is 4. The summed E-state index contributed by atoms with van der Waals surface area (Å²) in [5, 5.41) is 6.87. The van der Waals surface area contributed by atoms with E-state index in [1.54, 1.807) is 0 Å². The number of rotatable bonds is 8. The van der Waals surface area contributed by atoms with Gasteiger partial charge in [0.15, 0.2) is 12.1 Å². The van der Waals surface area contributed by atoms with Gasteiger partial charge in [-0.2, -0.15) is 0 Å². The molecule has 40 heavy (non-hydrogen) atoms. The van der Waals surface area contributed by atoms with Crippen molar-refractivity contribution in [3.63, 3.8) is 0 Å². The molecule has 0 radical (unpaired) electrons. The lowest BCUT2D eigenvalue weighted by Gasteiger charge is -2.45. The molecule has 10 heteroatoms.